The van der Waals surface area contributed by atoms with Crippen LogP contribution in [0.15, 0.2) is 16.3 Å². The lowest BCUT2D eigenvalue weighted by Crippen LogP contribution is -2.37. The first kappa shape index (κ1) is 15.9. The Balaban J connectivity index is 1.88. The predicted molar refractivity (Wildman–Crippen MR) is 82.6 cm³/mol. The Kier molecular flexibility index (Phi) is 5.98. The highest BCUT2D eigenvalue weighted by Crippen LogP contribution is 2.21. The first-order chi connectivity index (χ1) is 9.63. The average Bonchev–Trinajstić information content (AvgIpc) is 2.89. The van der Waals surface area contributed by atoms with Crippen molar-refractivity contribution < 1.29 is 8.42 Å². The van der Waals surface area contributed by atoms with E-state index in [1.165, 1.54) is 30.6 Å². The van der Waals surface area contributed by atoms with Crippen LogP contribution in [0.4, 0.5) is 0 Å². The molecule has 0 aliphatic carbocycles. The highest BCUT2D eigenvalue weighted by atomic mass is 32.2. The zero-order valence-electron chi connectivity index (χ0n) is 11.9. The van der Waals surface area contributed by atoms with Crippen LogP contribution in [0.2, 0.25) is 0 Å². The Hall–Kier alpha value is -0.470. The van der Waals surface area contributed by atoms with E-state index in [4.69, 9.17) is 0 Å². The van der Waals surface area contributed by atoms with Gasteiger partial charge in [0, 0.05) is 24.5 Å². The molecular formula is C13H23N3O2S2. The molecule has 2 rings (SSSR count). The van der Waals surface area contributed by atoms with Crippen LogP contribution in [0.5, 0.6) is 0 Å². The van der Waals surface area contributed by atoms with Crippen LogP contribution >= 0.6 is 11.3 Å². The van der Waals surface area contributed by atoms with E-state index in [0.29, 0.717) is 18.0 Å². The number of thiophene rings is 1. The normalized spacial score (nSPS) is 17.4. The Labute approximate surface area is 125 Å². The van der Waals surface area contributed by atoms with Gasteiger partial charge < -0.3 is 10.2 Å². The van der Waals surface area contributed by atoms with E-state index >= 15 is 0 Å². The Morgan fingerprint density at radius 2 is 2.05 bits per heavy atom. The summed E-state index contributed by atoms with van der Waals surface area (Å²) in [6.45, 7) is 4.04. The minimum Gasteiger partial charge on any atom is -0.315 e. The number of likely N-dealkylation sites (tertiary alicyclic amines) is 1. The number of hydrogen-bond acceptors (Lipinski definition) is 5. The molecule has 0 unspecified atom stereocenters. The molecule has 114 valence electrons. The number of hydrogen-bond donors (Lipinski definition) is 2. The van der Waals surface area contributed by atoms with Gasteiger partial charge >= 0.3 is 0 Å². The van der Waals surface area contributed by atoms with Crippen molar-refractivity contribution in [3.8, 4) is 0 Å². The van der Waals surface area contributed by atoms with Crippen LogP contribution in [0, 0.1) is 0 Å². The topological polar surface area (TPSA) is 61.4 Å². The van der Waals surface area contributed by atoms with Crippen LogP contribution in [0.3, 0.4) is 0 Å². The van der Waals surface area contributed by atoms with Crippen LogP contribution < -0.4 is 10.0 Å². The van der Waals surface area contributed by atoms with Crippen LogP contribution in [0.25, 0.3) is 0 Å². The lowest BCUT2D eigenvalue weighted by molar-refractivity contribution is 0.233. The summed E-state index contributed by atoms with van der Waals surface area (Å²) >= 11 is 1.47. The van der Waals surface area contributed by atoms with Gasteiger partial charge in [0.15, 0.2) is 0 Å². The highest BCUT2D eigenvalue weighted by molar-refractivity contribution is 7.89. The zero-order chi connectivity index (χ0) is 14.4. The number of nitrogens with zero attached hydrogens (tertiary/aromatic N) is 1. The molecule has 1 aliphatic rings. The fourth-order valence-corrected chi connectivity index (χ4v) is 4.93. The first-order valence-electron chi connectivity index (χ1n) is 7.06. The second-order valence-electron chi connectivity index (χ2n) is 5.04. The van der Waals surface area contributed by atoms with E-state index in [1.54, 1.807) is 6.07 Å². The van der Waals surface area contributed by atoms with E-state index in [-0.39, 0.29) is 0 Å². The molecule has 0 radical (unpaired) electrons. The molecule has 0 saturated carbocycles. The van der Waals surface area contributed by atoms with Crippen molar-refractivity contribution in [3.63, 3.8) is 0 Å². The van der Waals surface area contributed by atoms with Crippen molar-refractivity contribution in [1.29, 1.82) is 0 Å². The van der Waals surface area contributed by atoms with Crippen molar-refractivity contribution in [1.82, 2.24) is 14.9 Å². The van der Waals surface area contributed by atoms with Gasteiger partial charge in [0.2, 0.25) is 10.0 Å². The largest absolute Gasteiger partial charge is 0.315 e. The van der Waals surface area contributed by atoms with E-state index < -0.39 is 10.0 Å². The Morgan fingerprint density at radius 3 is 2.75 bits per heavy atom. The second kappa shape index (κ2) is 7.51. The van der Waals surface area contributed by atoms with Gasteiger partial charge in [0.1, 0.15) is 0 Å². The smallest absolute Gasteiger partial charge is 0.241 e. The molecule has 1 saturated heterocycles. The third-order valence-corrected chi connectivity index (χ3v) is 6.10. The first-order valence-corrected chi connectivity index (χ1v) is 9.43. The monoisotopic (exact) mass is 317 g/mol. The molecule has 0 atom stereocenters. The standard InChI is InChI=1S/C13H23N3O2S2/c1-14-11-12-13(5-10-19-12)20(17,18)15-6-9-16-7-3-2-4-8-16/h5,10,14-15H,2-4,6-9,11H2,1H3. The average molecular weight is 317 g/mol. The van der Waals surface area contributed by atoms with Crippen molar-refractivity contribution in [2.24, 2.45) is 0 Å². The molecule has 1 aliphatic heterocycles. The van der Waals surface area contributed by atoms with Crippen molar-refractivity contribution >= 4 is 21.4 Å². The molecule has 0 spiro atoms. The molecule has 0 amide bonds. The molecule has 1 aromatic rings. The second-order valence-corrected chi connectivity index (χ2v) is 7.77. The van der Waals surface area contributed by atoms with E-state index in [2.05, 4.69) is 14.9 Å². The van der Waals surface area contributed by atoms with Gasteiger partial charge in [-0.05, 0) is 44.4 Å². The lowest BCUT2D eigenvalue weighted by Gasteiger charge is -2.26. The van der Waals surface area contributed by atoms with Gasteiger partial charge in [-0.15, -0.1) is 11.3 Å². The number of nitrogens with one attached hydrogen (secondary N) is 2. The van der Waals surface area contributed by atoms with Crippen molar-refractivity contribution in [2.45, 2.75) is 30.7 Å². The quantitative estimate of drug-likeness (QED) is 0.794. The summed E-state index contributed by atoms with van der Waals surface area (Å²) < 4.78 is 27.3. The zero-order valence-corrected chi connectivity index (χ0v) is 13.5. The maximum atomic E-state index is 12.3. The molecule has 1 aromatic heterocycles. The summed E-state index contributed by atoms with van der Waals surface area (Å²) in [6, 6.07) is 1.68. The third-order valence-electron chi connectivity index (χ3n) is 3.50. The molecule has 0 aromatic carbocycles. The lowest BCUT2D eigenvalue weighted by atomic mass is 10.1. The molecule has 20 heavy (non-hydrogen) atoms. The van der Waals surface area contributed by atoms with Gasteiger partial charge in [-0.25, -0.2) is 13.1 Å². The third kappa shape index (κ3) is 4.26. The number of rotatable bonds is 7. The molecule has 2 N–H and O–H groups in total. The Morgan fingerprint density at radius 1 is 1.30 bits per heavy atom. The van der Waals surface area contributed by atoms with E-state index in [0.717, 1.165) is 24.5 Å². The fraction of sp³-hybridized carbons (Fsp3) is 0.692. The van der Waals surface area contributed by atoms with Gasteiger partial charge in [0.05, 0.1) is 4.90 Å². The molecule has 7 heteroatoms. The molecule has 0 bridgehead atoms. The molecule has 2 heterocycles. The van der Waals surface area contributed by atoms with E-state index in [1.807, 2.05) is 12.4 Å². The summed E-state index contributed by atoms with van der Waals surface area (Å²) in [5.41, 5.74) is 0. The summed E-state index contributed by atoms with van der Waals surface area (Å²) in [4.78, 5) is 3.60. The molecule has 5 nitrogen and oxygen atoms in total. The van der Waals surface area contributed by atoms with Gasteiger partial charge in [0.25, 0.3) is 0 Å². The minimum atomic E-state index is -3.38. The maximum Gasteiger partial charge on any atom is 0.241 e. The fourth-order valence-electron chi connectivity index (χ4n) is 2.46. The van der Waals surface area contributed by atoms with Crippen LogP contribution in [-0.2, 0) is 16.6 Å². The van der Waals surface area contributed by atoms with Gasteiger partial charge in [-0.1, -0.05) is 6.42 Å². The van der Waals surface area contributed by atoms with Gasteiger partial charge in [-0.3, -0.25) is 0 Å². The summed E-state index contributed by atoms with van der Waals surface area (Å²) in [5.74, 6) is 0. The minimum absolute atomic E-state index is 0.412. The van der Waals surface area contributed by atoms with Crippen molar-refractivity contribution in [3.05, 3.63) is 16.3 Å². The summed E-state index contributed by atoms with van der Waals surface area (Å²) in [7, 11) is -1.56. The molecule has 1 fully saturated rings. The molecular weight excluding hydrogens is 294 g/mol. The number of piperidine rings is 1. The van der Waals surface area contributed by atoms with E-state index in [9.17, 15) is 8.42 Å². The van der Waals surface area contributed by atoms with Crippen molar-refractivity contribution in [2.75, 3.05) is 33.2 Å². The Bertz CT molecular complexity index is 507. The maximum absolute atomic E-state index is 12.3. The highest BCUT2D eigenvalue weighted by Gasteiger charge is 2.19. The predicted octanol–water partition coefficient (Wildman–Crippen LogP) is 1.23. The summed E-state index contributed by atoms with van der Waals surface area (Å²) in [6.07, 6.45) is 3.75. The van der Waals surface area contributed by atoms with Crippen LogP contribution in [0.1, 0.15) is 24.1 Å². The van der Waals surface area contributed by atoms with Gasteiger partial charge in [-0.2, -0.15) is 0 Å². The number of sulfonamides is 1. The SMILES string of the molecule is CNCc1sccc1S(=O)(=O)NCCN1CCCCC1. The van der Waals surface area contributed by atoms with Crippen LogP contribution in [-0.4, -0.2) is 46.5 Å². The summed E-state index contributed by atoms with van der Waals surface area (Å²) in [5, 5.41) is 4.83.